The number of hydrogen-bond donors (Lipinski definition) is 1. The molecule has 0 spiro atoms. The number of nitrogen functional groups attached to an aromatic ring is 1. The molecule has 0 aromatic carbocycles. The van der Waals surface area contributed by atoms with Crippen molar-refractivity contribution < 1.29 is 0 Å². The first-order chi connectivity index (χ1) is 6.09. The lowest BCUT2D eigenvalue weighted by molar-refractivity contribution is 0.784. The molecule has 0 bridgehead atoms. The molecule has 5 nitrogen and oxygen atoms in total. The minimum atomic E-state index is -0.0794. The van der Waals surface area contributed by atoms with E-state index in [1.165, 1.54) is 4.52 Å². The molecule has 68 valence electrons. The molecule has 13 heavy (non-hydrogen) atoms. The van der Waals surface area contributed by atoms with Crippen LogP contribution in [0.1, 0.15) is 5.69 Å². The second-order valence-corrected chi connectivity index (χ2v) is 3.03. The number of hydrogen-bond acceptors (Lipinski definition) is 3. The fraction of sp³-hybridized carbons (Fsp3) is 0.250. The van der Waals surface area contributed by atoms with Crippen molar-refractivity contribution in [3.8, 4) is 0 Å². The van der Waals surface area contributed by atoms with E-state index in [1.807, 2.05) is 6.92 Å². The SMILES string of the molecule is Cc1cn2nc(N)cc2c(=O)n1C. The van der Waals surface area contributed by atoms with Crippen LogP contribution in [0.25, 0.3) is 5.52 Å². The van der Waals surface area contributed by atoms with Crippen LogP contribution in [0.15, 0.2) is 17.1 Å². The van der Waals surface area contributed by atoms with Gasteiger partial charge in [-0.1, -0.05) is 0 Å². The summed E-state index contributed by atoms with van der Waals surface area (Å²) in [6.45, 7) is 1.85. The highest BCUT2D eigenvalue weighted by molar-refractivity contribution is 5.52. The molecule has 0 radical (unpaired) electrons. The Kier molecular flexibility index (Phi) is 1.42. The van der Waals surface area contributed by atoms with Crippen molar-refractivity contribution >= 4 is 11.3 Å². The van der Waals surface area contributed by atoms with Gasteiger partial charge in [-0.15, -0.1) is 0 Å². The number of aryl methyl sites for hydroxylation is 1. The summed E-state index contributed by atoms with van der Waals surface area (Å²) in [5.74, 6) is 0.364. The van der Waals surface area contributed by atoms with E-state index in [2.05, 4.69) is 5.10 Å². The summed E-state index contributed by atoms with van der Waals surface area (Å²) in [7, 11) is 1.72. The predicted octanol–water partition coefficient (Wildman–Crippen LogP) is -0.0764. The van der Waals surface area contributed by atoms with Crippen molar-refractivity contribution in [3.05, 3.63) is 28.3 Å². The Morgan fingerprint density at radius 2 is 2.23 bits per heavy atom. The first-order valence-corrected chi connectivity index (χ1v) is 3.91. The van der Waals surface area contributed by atoms with Crippen molar-refractivity contribution in [1.82, 2.24) is 14.2 Å². The zero-order valence-electron chi connectivity index (χ0n) is 7.48. The normalized spacial score (nSPS) is 10.9. The average Bonchev–Trinajstić information content (AvgIpc) is 2.42. The van der Waals surface area contributed by atoms with E-state index < -0.39 is 0 Å². The van der Waals surface area contributed by atoms with E-state index in [9.17, 15) is 4.79 Å². The zero-order valence-corrected chi connectivity index (χ0v) is 7.48. The Morgan fingerprint density at radius 1 is 1.54 bits per heavy atom. The van der Waals surface area contributed by atoms with Crippen molar-refractivity contribution in [2.75, 3.05) is 5.73 Å². The predicted molar refractivity (Wildman–Crippen MR) is 49.6 cm³/mol. The molecule has 0 atom stereocenters. The molecule has 2 aromatic heterocycles. The third-order valence-electron chi connectivity index (χ3n) is 2.12. The maximum absolute atomic E-state index is 11.6. The number of rotatable bonds is 0. The Bertz CT molecular complexity index is 523. The monoisotopic (exact) mass is 178 g/mol. The highest BCUT2D eigenvalue weighted by atomic mass is 16.1. The van der Waals surface area contributed by atoms with Gasteiger partial charge in [0.15, 0.2) is 0 Å². The Labute approximate surface area is 74.4 Å². The van der Waals surface area contributed by atoms with E-state index in [1.54, 1.807) is 23.9 Å². The minimum Gasteiger partial charge on any atom is -0.382 e. The van der Waals surface area contributed by atoms with Crippen molar-refractivity contribution in [3.63, 3.8) is 0 Å². The molecule has 0 aliphatic heterocycles. The molecule has 0 amide bonds. The van der Waals surface area contributed by atoms with Gasteiger partial charge in [-0.2, -0.15) is 5.10 Å². The summed E-state index contributed by atoms with van der Waals surface area (Å²) in [6.07, 6.45) is 1.77. The number of nitrogens with zero attached hydrogens (tertiary/aromatic N) is 3. The van der Waals surface area contributed by atoms with Crippen molar-refractivity contribution in [2.45, 2.75) is 6.92 Å². The first-order valence-electron chi connectivity index (χ1n) is 3.91. The standard InChI is InChI=1S/C8H10N4O/c1-5-4-12-6(3-7(9)10-12)8(13)11(5)2/h3-4H,1-2H3,(H2,9,10). The topological polar surface area (TPSA) is 65.3 Å². The minimum absolute atomic E-state index is 0.0794. The summed E-state index contributed by atoms with van der Waals surface area (Å²) in [4.78, 5) is 11.6. The van der Waals surface area contributed by atoms with E-state index >= 15 is 0 Å². The van der Waals surface area contributed by atoms with Gasteiger partial charge in [0.05, 0.1) is 0 Å². The molecule has 0 saturated carbocycles. The van der Waals surface area contributed by atoms with Crippen LogP contribution in [0.3, 0.4) is 0 Å². The molecule has 0 aliphatic carbocycles. The smallest absolute Gasteiger partial charge is 0.276 e. The molecular weight excluding hydrogens is 168 g/mol. The second kappa shape index (κ2) is 2.35. The average molecular weight is 178 g/mol. The molecule has 0 saturated heterocycles. The second-order valence-electron chi connectivity index (χ2n) is 3.03. The van der Waals surface area contributed by atoms with Gasteiger partial charge < -0.3 is 10.3 Å². The molecule has 0 fully saturated rings. The maximum Gasteiger partial charge on any atom is 0.276 e. The first kappa shape index (κ1) is 7.85. The van der Waals surface area contributed by atoms with Crippen LogP contribution in [0.2, 0.25) is 0 Å². The van der Waals surface area contributed by atoms with Gasteiger partial charge in [-0.3, -0.25) is 4.79 Å². The van der Waals surface area contributed by atoms with Crippen LogP contribution in [0.4, 0.5) is 5.82 Å². The highest BCUT2D eigenvalue weighted by Crippen LogP contribution is 2.03. The molecule has 0 aliphatic rings. The van der Waals surface area contributed by atoms with Crippen molar-refractivity contribution in [1.29, 1.82) is 0 Å². The van der Waals surface area contributed by atoms with Gasteiger partial charge in [0.25, 0.3) is 5.56 Å². The fourth-order valence-electron chi connectivity index (χ4n) is 1.27. The van der Waals surface area contributed by atoms with E-state index in [4.69, 9.17) is 5.73 Å². The van der Waals surface area contributed by atoms with E-state index in [-0.39, 0.29) is 5.56 Å². The van der Waals surface area contributed by atoms with Gasteiger partial charge in [0.1, 0.15) is 11.3 Å². The summed E-state index contributed by atoms with van der Waals surface area (Å²) < 4.78 is 3.07. The number of anilines is 1. The summed E-state index contributed by atoms with van der Waals surface area (Å²) in [6, 6.07) is 1.57. The van der Waals surface area contributed by atoms with Gasteiger partial charge in [-0.05, 0) is 6.92 Å². The van der Waals surface area contributed by atoms with E-state index in [0.29, 0.717) is 11.3 Å². The van der Waals surface area contributed by atoms with E-state index in [0.717, 1.165) is 5.69 Å². The number of nitrogens with two attached hydrogens (primary N) is 1. The molecule has 2 aromatic rings. The van der Waals surface area contributed by atoms with Gasteiger partial charge in [0, 0.05) is 25.0 Å². The van der Waals surface area contributed by atoms with Gasteiger partial charge >= 0.3 is 0 Å². The Balaban J connectivity index is 3.01. The Hall–Kier alpha value is -1.78. The summed E-state index contributed by atoms with van der Waals surface area (Å²) in [5, 5.41) is 3.96. The third-order valence-corrected chi connectivity index (χ3v) is 2.12. The van der Waals surface area contributed by atoms with Crippen LogP contribution in [0, 0.1) is 6.92 Å². The van der Waals surface area contributed by atoms with Crippen LogP contribution < -0.4 is 11.3 Å². The fourth-order valence-corrected chi connectivity index (χ4v) is 1.27. The van der Waals surface area contributed by atoms with Crippen LogP contribution in [-0.4, -0.2) is 14.2 Å². The molecule has 2 rings (SSSR count). The van der Waals surface area contributed by atoms with Crippen molar-refractivity contribution in [2.24, 2.45) is 7.05 Å². The third kappa shape index (κ3) is 1.00. The molecule has 2 N–H and O–H groups in total. The number of aromatic nitrogens is 3. The lowest BCUT2D eigenvalue weighted by Crippen LogP contribution is -2.20. The molecule has 2 heterocycles. The Morgan fingerprint density at radius 3 is 2.92 bits per heavy atom. The van der Waals surface area contributed by atoms with Gasteiger partial charge in [0.2, 0.25) is 0 Å². The van der Waals surface area contributed by atoms with Crippen LogP contribution in [-0.2, 0) is 7.05 Å². The summed E-state index contributed by atoms with van der Waals surface area (Å²) in [5.41, 5.74) is 6.75. The molecule has 5 heteroatoms. The lowest BCUT2D eigenvalue weighted by Gasteiger charge is -2.02. The van der Waals surface area contributed by atoms with Crippen LogP contribution in [0.5, 0.6) is 0 Å². The quantitative estimate of drug-likeness (QED) is 0.613. The maximum atomic E-state index is 11.6. The zero-order chi connectivity index (χ0) is 9.59. The largest absolute Gasteiger partial charge is 0.382 e. The lowest BCUT2D eigenvalue weighted by atomic mass is 10.4. The molecular formula is C8H10N4O. The molecule has 0 unspecified atom stereocenters. The highest BCUT2D eigenvalue weighted by Gasteiger charge is 2.05. The summed E-state index contributed by atoms with van der Waals surface area (Å²) >= 11 is 0. The number of fused-ring (bicyclic) bond motifs is 1. The van der Waals surface area contributed by atoms with Gasteiger partial charge in [-0.25, -0.2) is 4.52 Å². The van der Waals surface area contributed by atoms with Crippen LogP contribution >= 0.6 is 0 Å².